The smallest absolute Gasteiger partial charge is 0.330 e. The topological polar surface area (TPSA) is 54.0 Å². The van der Waals surface area contributed by atoms with Gasteiger partial charge in [-0.3, -0.25) is 0 Å². The SMILES string of the molecule is CCOC(=O)C=Cc1ccc(OCOC)c(OCc2ccccc2)c1. The maximum Gasteiger partial charge on any atom is 0.330 e. The van der Waals surface area contributed by atoms with Crippen molar-refractivity contribution < 1.29 is 23.7 Å². The number of carbonyl (C=O) groups excluding carboxylic acids is 1. The van der Waals surface area contributed by atoms with Gasteiger partial charge in [0.25, 0.3) is 0 Å². The summed E-state index contributed by atoms with van der Waals surface area (Å²) in [5.74, 6) is 0.770. The fourth-order valence-electron chi connectivity index (χ4n) is 2.07. The maximum absolute atomic E-state index is 11.4. The molecule has 5 nitrogen and oxygen atoms in total. The van der Waals surface area contributed by atoms with E-state index in [4.69, 9.17) is 18.9 Å². The average molecular weight is 342 g/mol. The summed E-state index contributed by atoms with van der Waals surface area (Å²) < 4.78 is 21.2. The summed E-state index contributed by atoms with van der Waals surface area (Å²) in [6, 6.07) is 15.3. The van der Waals surface area contributed by atoms with Crippen LogP contribution < -0.4 is 9.47 Å². The van der Waals surface area contributed by atoms with Gasteiger partial charge in [0, 0.05) is 13.2 Å². The molecule has 5 heteroatoms. The second-order valence-electron chi connectivity index (χ2n) is 5.12. The number of carbonyl (C=O) groups is 1. The number of benzene rings is 2. The largest absolute Gasteiger partial charge is 0.485 e. The monoisotopic (exact) mass is 342 g/mol. The summed E-state index contributed by atoms with van der Waals surface area (Å²) in [6.07, 6.45) is 3.06. The van der Waals surface area contributed by atoms with E-state index in [2.05, 4.69) is 0 Å². The molecule has 0 amide bonds. The fourth-order valence-corrected chi connectivity index (χ4v) is 2.07. The summed E-state index contributed by atoms with van der Waals surface area (Å²) in [4.78, 5) is 11.4. The van der Waals surface area contributed by atoms with Gasteiger partial charge in [0.05, 0.1) is 6.61 Å². The molecule has 2 rings (SSSR count). The normalized spacial score (nSPS) is 10.6. The molecule has 0 aromatic heterocycles. The highest BCUT2D eigenvalue weighted by atomic mass is 16.7. The molecular weight excluding hydrogens is 320 g/mol. The Morgan fingerprint density at radius 3 is 2.56 bits per heavy atom. The maximum atomic E-state index is 11.4. The number of esters is 1. The molecule has 25 heavy (non-hydrogen) atoms. The van der Waals surface area contributed by atoms with Crippen molar-refractivity contribution in [2.24, 2.45) is 0 Å². The summed E-state index contributed by atoms with van der Waals surface area (Å²) in [6.45, 7) is 2.65. The van der Waals surface area contributed by atoms with E-state index < -0.39 is 0 Å². The van der Waals surface area contributed by atoms with Crippen molar-refractivity contribution in [1.29, 1.82) is 0 Å². The van der Waals surface area contributed by atoms with E-state index in [-0.39, 0.29) is 12.8 Å². The van der Waals surface area contributed by atoms with Crippen LogP contribution in [0.4, 0.5) is 0 Å². The molecular formula is C20H22O5. The van der Waals surface area contributed by atoms with Crippen LogP contribution in [0.2, 0.25) is 0 Å². The summed E-state index contributed by atoms with van der Waals surface area (Å²) in [7, 11) is 1.56. The zero-order chi connectivity index (χ0) is 17.9. The number of hydrogen-bond donors (Lipinski definition) is 0. The molecule has 2 aromatic carbocycles. The lowest BCUT2D eigenvalue weighted by Crippen LogP contribution is -2.03. The molecule has 0 unspecified atom stereocenters. The lowest BCUT2D eigenvalue weighted by atomic mass is 10.2. The standard InChI is InChI=1S/C20H22O5/c1-3-23-20(21)12-10-16-9-11-18(25-15-22-2)19(13-16)24-14-17-7-5-4-6-8-17/h4-13H,3,14-15H2,1-2H3. The van der Waals surface area contributed by atoms with Gasteiger partial charge in [0.2, 0.25) is 0 Å². The lowest BCUT2D eigenvalue weighted by molar-refractivity contribution is -0.137. The van der Waals surface area contributed by atoms with Gasteiger partial charge in [-0.15, -0.1) is 0 Å². The minimum atomic E-state index is -0.381. The van der Waals surface area contributed by atoms with Crippen LogP contribution in [0.15, 0.2) is 54.6 Å². The number of ether oxygens (including phenoxy) is 4. The van der Waals surface area contributed by atoms with Crippen molar-refractivity contribution in [3.63, 3.8) is 0 Å². The van der Waals surface area contributed by atoms with Crippen molar-refractivity contribution in [2.45, 2.75) is 13.5 Å². The first-order chi connectivity index (χ1) is 12.2. The van der Waals surface area contributed by atoms with Crippen molar-refractivity contribution in [2.75, 3.05) is 20.5 Å². The quantitative estimate of drug-likeness (QED) is 0.394. The second-order valence-corrected chi connectivity index (χ2v) is 5.12. The van der Waals surface area contributed by atoms with E-state index in [1.165, 1.54) is 6.08 Å². The van der Waals surface area contributed by atoms with Crippen LogP contribution in [0.25, 0.3) is 6.08 Å². The highest BCUT2D eigenvalue weighted by Gasteiger charge is 2.07. The minimum absolute atomic E-state index is 0.125. The van der Waals surface area contributed by atoms with E-state index in [0.29, 0.717) is 24.7 Å². The Hall–Kier alpha value is -2.79. The Balaban J connectivity index is 2.14. The van der Waals surface area contributed by atoms with E-state index in [1.54, 1.807) is 26.2 Å². The van der Waals surface area contributed by atoms with Crippen molar-refractivity contribution in [3.8, 4) is 11.5 Å². The molecule has 0 bridgehead atoms. The van der Waals surface area contributed by atoms with Gasteiger partial charge in [-0.1, -0.05) is 36.4 Å². The highest BCUT2D eigenvalue weighted by molar-refractivity contribution is 5.87. The Morgan fingerprint density at radius 1 is 1.04 bits per heavy atom. The molecule has 132 valence electrons. The predicted octanol–water partition coefficient (Wildman–Crippen LogP) is 3.82. The van der Waals surface area contributed by atoms with Crippen molar-refractivity contribution >= 4 is 12.0 Å². The zero-order valence-corrected chi connectivity index (χ0v) is 14.4. The van der Waals surface area contributed by atoms with Gasteiger partial charge in [-0.25, -0.2) is 4.79 Å². The molecule has 0 atom stereocenters. The molecule has 0 fully saturated rings. The van der Waals surface area contributed by atoms with Crippen LogP contribution in [0, 0.1) is 0 Å². The fraction of sp³-hybridized carbons (Fsp3) is 0.250. The molecule has 2 aromatic rings. The Labute approximate surface area is 147 Å². The Kier molecular flexibility index (Phi) is 7.53. The van der Waals surface area contributed by atoms with Crippen LogP contribution in [0.3, 0.4) is 0 Å². The Morgan fingerprint density at radius 2 is 1.84 bits per heavy atom. The molecule has 0 aliphatic carbocycles. The van der Waals surface area contributed by atoms with E-state index >= 15 is 0 Å². The first-order valence-electron chi connectivity index (χ1n) is 8.00. The zero-order valence-electron chi connectivity index (χ0n) is 14.4. The van der Waals surface area contributed by atoms with E-state index in [9.17, 15) is 4.79 Å². The average Bonchev–Trinajstić information content (AvgIpc) is 2.64. The van der Waals surface area contributed by atoms with Crippen LogP contribution in [0.1, 0.15) is 18.1 Å². The van der Waals surface area contributed by atoms with Gasteiger partial charge in [-0.2, -0.15) is 0 Å². The lowest BCUT2D eigenvalue weighted by Gasteiger charge is -2.13. The molecule has 0 N–H and O–H groups in total. The third kappa shape index (κ3) is 6.31. The molecule has 0 radical (unpaired) electrons. The summed E-state index contributed by atoms with van der Waals surface area (Å²) >= 11 is 0. The van der Waals surface area contributed by atoms with Gasteiger partial charge in [0.15, 0.2) is 18.3 Å². The third-order valence-electron chi connectivity index (χ3n) is 3.24. The number of rotatable bonds is 9. The predicted molar refractivity (Wildman–Crippen MR) is 95.4 cm³/mol. The summed E-state index contributed by atoms with van der Waals surface area (Å²) in [5.41, 5.74) is 1.86. The van der Waals surface area contributed by atoms with E-state index in [0.717, 1.165) is 11.1 Å². The van der Waals surface area contributed by atoms with Gasteiger partial charge in [-0.05, 0) is 36.3 Å². The third-order valence-corrected chi connectivity index (χ3v) is 3.24. The molecule has 0 aliphatic heterocycles. The molecule has 0 saturated heterocycles. The number of hydrogen-bond acceptors (Lipinski definition) is 5. The molecule has 0 saturated carbocycles. The molecule has 0 heterocycles. The minimum Gasteiger partial charge on any atom is -0.485 e. The van der Waals surface area contributed by atoms with Gasteiger partial charge in [0.1, 0.15) is 6.61 Å². The first-order valence-corrected chi connectivity index (χ1v) is 8.00. The number of methoxy groups -OCH3 is 1. The van der Waals surface area contributed by atoms with Crippen LogP contribution in [-0.4, -0.2) is 26.5 Å². The van der Waals surface area contributed by atoms with Crippen molar-refractivity contribution in [3.05, 3.63) is 65.7 Å². The van der Waals surface area contributed by atoms with Crippen LogP contribution in [0.5, 0.6) is 11.5 Å². The summed E-state index contributed by atoms with van der Waals surface area (Å²) in [5, 5.41) is 0. The van der Waals surface area contributed by atoms with Crippen molar-refractivity contribution in [1.82, 2.24) is 0 Å². The van der Waals surface area contributed by atoms with Gasteiger partial charge >= 0.3 is 5.97 Å². The highest BCUT2D eigenvalue weighted by Crippen LogP contribution is 2.29. The van der Waals surface area contributed by atoms with Crippen LogP contribution in [-0.2, 0) is 20.9 Å². The van der Waals surface area contributed by atoms with Crippen LogP contribution >= 0.6 is 0 Å². The van der Waals surface area contributed by atoms with E-state index in [1.807, 2.05) is 42.5 Å². The second kappa shape index (κ2) is 10.2. The first kappa shape index (κ1) is 18.5. The van der Waals surface area contributed by atoms with Gasteiger partial charge < -0.3 is 18.9 Å². The molecule has 0 spiro atoms. The molecule has 0 aliphatic rings. The Bertz CT molecular complexity index is 694.